The average Bonchev–Trinajstić information content (AvgIpc) is 2.48. The van der Waals surface area contributed by atoms with Crippen molar-refractivity contribution >= 4 is 5.91 Å². The monoisotopic (exact) mass is 292 g/mol. The minimum atomic E-state index is -0.343. The average molecular weight is 292 g/mol. The van der Waals surface area contributed by atoms with E-state index in [1.54, 1.807) is 17.0 Å². The first-order chi connectivity index (χ1) is 10.0. The number of rotatable bonds is 4. The number of nitrogens with one attached hydrogen (secondary N) is 1. The highest BCUT2D eigenvalue weighted by Gasteiger charge is 2.26. The highest BCUT2D eigenvalue weighted by atomic mass is 16.3. The van der Waals surface area contributed by atoms with Crippen LogP contribution < -0.4 is 5.32 Å². The summed E-state index contributed by atoms with van der Waals surface area (Å²) < 4.78 is 0. The maximum Gasteiger partial charge on any atom is 0.258 e. The fourth-order valence-corrected chi connectivity index (χ4v) is 2.70. The minimum Gasteiger partial charge on any atom is -0.504 e. The van der Waals surface area contributed by atoms with Crippen molar-refractivity contribution in [3.8, 4) is 11.5 Å². The van der Waals surface area contributed by atoms with Crippen LogP contribution in [0.2, 0.25) is 0 Å². The van der Waals surface area contributed by atoms with Gasteiger partial charge in [-0.05, 0) is 45.4 Å². The van der Waals surface area contributed by atoms with Gasteiger partial charge in [0.05, 0.1) is 5.56 Å². The summed E-state index contributed by atoms with van der Waals surface area (Å²) in [6, 6.07) is 4.81. The molecular weight excluding hydrogens is 268 g/mol. The second kappa shape index (κ2) is 6.80. The lowest BCUT2D eigenvalue weighted by Crippen LogP contribution is -2.48. The predicted molar refractivity (Wildman–Crippen MR) is 81.6 cm³/mol. The van der Waals surface area contributed by atoms with Crippen LogP contribution >= 0.6 is 0 Å². The Morgan fingerprint density at radius 1 is 1.38 bits per heavy atom. The molecule has 0 spiro atoms. The van der Waals surface area contributed by atoms with E-state index < -0.39 is 0 Å². The first kappa shape index (κ1) is 15.6. The number of carbonyl (C=O) groups is 1. The maximum absolute atomic E-state index is 12.7. The number of piperidine rings is 1. The van der Waals surface area contributed by atoms with Gasteiger partial charge >= 0.3 is 0 Å². The topological polar surface area (TPSA) is 72.8 Å². The number of nitrogens with zero attached hydrogens (tertiary/aromatic N) is 1. The molecule has 5 nitrogen and oxygen atoms in total. The third kappa shape index (κ3) is 3.67. The summed E-state index contributed by atoms with van der Waals surface area (Å²) in [5.41, 5.74) is 0.152. The van der Waals surface area contributed by atoms with Gasteiger partial charge in [-0.15, -0.1) is 0 Å². The van der Waals surface area contributed by atoms with E-state index in [0.717, 1.165) is 13.0 Å². The number of amides is 1. The zero-order chi connectivity index (χ0) is 15.4. The lowest BCUT2D eigenvalue weighted by atomic mass is 10.0. The summed E-state index contributed by atoms with van der Waals surface area (Å²) in [7, 11) is 0. The van der Waals surface area contributed by atoms with Gasteiger partial charge < -0.3 is 20.4 Å². The van der Waals surface area contributed by atoms with Crippen LogP contribution in [0.3, 0.4) is 0 Å². The van der Waals surface area contributed by atoms with Crippen LogP contribution in [-0.4, -0.2) is 46.2 Å². The van der Waals surface area contributed by atoms with Gasteiger partial charge in [-0.2, -0.15) is 0 Å². The lowest BCUT2D eigenvalue weighted by molar-refractivity contribution is 0.0673. The molecule has 1 aliphatic heterocycles. The molecule has 0 aliphatic carbocycles. The molecule has 1 unspecified atom stereocenters. The van der Waals surface area contributed by atoms with Crippen LogP contribution in [0.25, 0.3) is 0 Å². The van der Waals surface area contributed by atoms with Crippen LogP contribution in [0.1, 0.15) is 43.5 Å². The molecule has 1 saturated heterocycles. The van der Waals surface area contributed by atoms with Gasteiger partial charge in [0.25, 0.3) is 5.91 Å². The number of para-hydroxylation sites is 1. The van der Waals surface area contributed by atoms with Gasteiger partial charge in [0.15, 0.2) is 11.5 Å². The normalized spacial score (nSPS) is 18.7. The number of phenols is 2. The summed E-state index contributed by atoms with van der Waals surface area (Å²) >= 11 is 0. The van der Waals surface area contributed by atoms with Crippen molar-refractivity contribution in [1.29, 1.82) is 0 Å². The van der Waals surface area contributed by atoms with E-state index in [4.69, 9.17) is 0 Å². The molecule has 1 amide bonds. The first-order valence-corrected chi connectivity index (χ1v) is 7.56. The van der Waals surface area contributed by atoms with Gasteiger partial charge in [-0.25, -0.2) is 0 Å². The Kier molecular flexibility index (Phi) is 5.07. The van der Waals surface area contributed by atoms with Crippen LogP contribution in [-0.2, 0) is 0 Å². The number of aromatic hydroxyl groups is 2. The number of carbonyl (C=O) groups excluding carboxylic acids is 1. The molecule has 1 aromatic rings. The van der Waals surface area contributed by atoms with Gasteiger partial charge in [-0.1, -0.05) is 12.5 Å². The number of phenolic OH excluding ortho intramolecular Hbond substituents is 2. The van der Waals surface area contributed by atoms with Crippen molar-refractivity contribution in [2.24, 2.45) is 0 Å². The smallest absolute Gasteiger partial charge is 0.258 e. The quantitative estimate of drug-likeness (QED) is 0.743. The van der Waals surface area contributed by atoms with E-state index in [1.165, 1.54) is 18.9 Å². The molecule has 0 aromatic heterocycles. The van der Waals surface area contributed by atoms with E-state index >= 15 is 0 Å². The Morgan fingerprint density at radius 3 is 2.76 bits per heavy atom. The van der Waals surface area contributed by atoms with E-state index in [0.29, 0.717) is 12.6 Å². The molecule has 1 heterocycles. The highest BCUT2D eigenvalue weighted by molar-refractivity contribution is 5.97. The second-order valence-corrected chi connectivity index (χ2v) is 5.87. The molecular formula is C16H24N2O3. The zero-order valence-electron chi connectivity index (χ0n) is 12.7. The van der Waals surface area contributed by atoms with Crippen molar-refractivity contribution in [3.05, 3.63) is 23.8 Å². The summed E-state index contributed by atoms with van der Waals surface area (Å²) in [5.74, 6) is -0.851. The third-order valence-electron chi connectivity index (χ3n) is 3.96. The summed E-state index contributed by atoms with van der Waals surface area (Å²) in [6.07, 6.45) is 3.41. The lowest BCUT2D eigenvalue weighted by Gasteiger charge is -2.33. The zero-order valence-corrected chi connectivity index (χ0v) is 12.7. The molecule has 1 fully saturated rings. The molecule has 1 atom stereocenters. The molecule has 1 aromatic carbocycles. The molecule has 5 heteroatoms. The van der Waals surface area contributed by atoms with Crippen molar-refractivity contribution < 1.29 is 15.0 Å². The van der Waals surface area contributed by atoms with Crippen molar-refractivity contribution in [1.82, 2.24) is 10.2 Å². The van der Waals surface area contributed by atoms with E-state index in [9.17, 15) is 15.0 Å². The van der Waals surface area contributed by atoms with Crippen LogP contribution in [0.15, 0.2) is 18.2 Å². The first-order valence-electron chi connectivity index (χ1n) is 7.56. The fraction of sp³-hybridized carbons (Fsp3) is 0.562. The van der Waals surface area contributed by atoms with Crippen molar-refractivity contribution in [2.75, 3.05) is 13.1 Å². The molecule has 21 heavy (non-hydrogen) atoms. The molecule has 2 rings (SSSR count). The van der Waals surface area contributed by atoms with Crippen molar-refractivity contribution in [2.45, 2.75) is 45.2 Å². The van der Waals surface area contributed by atoms with Crippen molar-refractivity contribution in [3.63, 3.8) is 0 Å². The Labute approximate surface area is 125 Å². The van der Waals surface area contributed by atoms with Gasteiger partial charge in [0, 0.05) is 18.6 Å². The Morgan fingerprint density at radius 2 is 2.14 bits per heavy atom. The second-order valence-electron chi connectivity index (χ2n) is 5.87. The number of hydrogen-bond donors (Lipinski definition) is 3. The maximum atomic E-state index is 12.7. The number of hydrogen-bond acceptors (Lipinski definition) is 4. The van der Waals surface area contributed by atoms with Crippen LogP contribution in [0.4, 0.5) is 0 Å². The van der Waals surface area contributed by atoms with Crippen LogP contribution in [0.5, 0.6) is 11.5 Å². The highest BCUT2D eigenvalue weighted by Crippen LogP contribution is 2.29. The minimum absolute atomic E-state index is 0.0305. The van der Waals surface area contributed by atoms with E-state index in [1.807, 2.05) is 13.8 Å². The third-order valence-corrected chi connectivity index (χ3v) is 3.96. The molecule has 0 saturated carbocycles. The summed E-state index contributed by atoms with van der Waals surface area (Å²) in [5, 5.41) is 22.9. The molecule has 3 N–H and O–H groups in total. The largest absolute Gasteiger partial charge is 0.504 e. The molecule has 116 valence electrons. The SMILES string of the molecule is CC(C)N(CC1CCCCN1)C(=O)c1cccc(O)c1O. The standard InChI is InChI=1S/C16H24N2O3/c1-11(2)18(10-12-6-3-4-9-17-12)16(21)13-7-5-8-14(19)15(13)20/h5,7-8,11-12,17,19-20H,3-4,6,9-10H2,1-2H3. The van der Waals surface area contributed by atoms with Gasteiger partial charge in [0.1, 0.15) is 0 Å². The Hall–Kier alpha value is -1.75. The van der Waals surface area contributed by atoms with E-state index in [-0.39, 0.29) is 29.0 Å². The van der Waals surface area contributed by atoms with Gasteiger partial charge in [-0.3, -0.25) is 4.79 Å². The van der Waals surface area contributed by atoms with Crippen LogP contribution in [0, 0.1) is 0 Å². The fourth-order valence-electron chi connectivity index (χ4n) is 2.70. The molecule has 0 radical (unpaired) electrons. The molecule has 1 aliphatic rings. The summed E-state index contributed by atoms with van der Waals surface area (Å²) in [6.45, 7) is 5.52. The molecule has 0 bridgehead atoms. The van der Waals surface area contributed by atoms with Gasteiger partial charge in [0.2, 0.25) is 0 Å². The van der Waals surface area contributed by atoms with E-state index in [2.05, 4.69) is 5.32 Å². The summed E-state index contributed by atoms with van der Waals surface area (Å²) in [4.78, 5) is 14.4. The Bertz CT molecular complexity index is 496. The Balaban J connectivity index is 2.17. The predicted octanol–water partition coefficient (Wildman–Crippen LogP) is 2.09. The number of benzene rings is 1.